The number of nitrogens with one attached hydrogen (secondary N) is 1. The molecule has 0 radical (unpaired) electrons. The predicted molar refractivity (Wildman–Crippen MR) is 60.1 cm³/mol. The molecule has 7 nitrogen and oxygen atoms in total. The van der Waals surface area contributed by atoms with Crippen molar-refractivity contribution < 1.29 is 19.4 Å². The number of nitrogens with zero attached hydrogens (tertiary/aromatic N) is 1. The third-order valence-corrected chi connectivity index (χ3v) is 2.50. The van der Waals surface area contributed by atoms with E-state index in [2.05, 4.69) is 5.32 Å². The van der Waals surface area contributed by atoms with Crippen LogP contribution in [0.3, 0.4) is 0 Å². The van der Waals surface area contributed by atoms with Crippen molar-refractivity contribution in [1.29, 1.82) is 0 Å². The first kappa shape index (κ1) is 13.9. The maximum Gasteiger partial charge on any atom is 0.242 e. The lowest BCUT2D eigenvalue weighted by molar-refractivity contribution is -0.147. The molecule has 17 heavy (non-hydrogen) atoms. The summed E-state index contributed by atoms with van der Waals surface area (Å²) in [7, 11) is 0. The number of aliphatic hydroxyl groups is 1. The Hall–Kier alpha value is -1.18. The van der Waals surface area contributed by atoms with Crippen LogP contribution in [0, 0.1) is 0 Å². The molecule has 2 unspecified atom stereocenters. The van der Waals surface area contributed by atoms with Crippen molar-refractivity contribution in [1.82, 2.24) is 10.2 Å². The van der Waals surface area contributed by atoms with Gasteiger partial charge in [-0.15, -0.1) is 0 Å². The molecule has 0 aromatic rings. The highest BCUT2D eigenvalue weighted by Gasteiger charge is 2.27. The van der Waals surface area contributed by atoms with Crippen LogP contribution in [0.15, 0.2) is 0 Å². The minimum Gasteiger partial charge on any atom is -0.394 e. The van der Waals surface area contributed by atoms with Gasteiger partial charge in [-0.3, -0.25) is 9.59 Å². The number of morpholine rings is 1. The molecule has 2 amide bonds. The molecule has 0 aromatic carbocycles. The molecule has 98 valence electrons. The first-order valence-corrected chi connectivity index (χ1v) is 5.57. The quantitative estimate of drug-likeness (QED) is 0.515. The second-order valence-corrected chi connectivity index (χ2v) is 4.03. The van der Waals surface area contributed by atoms with E-state index in [-0.39, 0.29) is 43.7 Å². The third kappa shape index (κ3) is 4.29. The Kier molecular flexibility index (Phi) is 5.33. The number of hydrogen-bond donors (Lipinski definition) is 3. The maximum atomic E-state index is 11.8. The summed E-state index contributed by atoms with van der Waals surface area (Å²) in [4.78, 5) is 24.2. The van der Waals surface area contributed by atoms with Crippen molar-refractivity contribution >= 4 is 11.8 Å². The summed E-state index contributed by atoms with van der Waals surface area (Å²) >= 11 is 0. The van der Waals surface area contributed by atoms with Crippen LogP contribution in [0.2, 0.25) is 0 Å². The Bertz CT molecular complexity index is 285. The van der Waals surface area contributed by atoms with E-state index in [0.717, 1.165) is 0 Å². The Labute approximate surface area is 99.9 Å². The molecule has 1 aliphatic heterocycles. The topological polar surface area (TPSA) is 105 Å². The fraction of sp³-hybridized carbons (Fsp3) is 0.800. The molecule has 1 rings (SSSR count). The first-order valence-electron chi connectivity index (χ1n) is 5.57. The standard InChI is InChI=1S/C10H19N3O4/c1-7-4-13(5-8(6-14)17-7)10(16)3-12-9(15)2-11/h7-8,14H,2-6,11H2,1H3,(H,12,15). The van der Waals surface area contributed by atoms with Gasteiger partial charge in [-0.05, 0) is 6.92 Å². The number of ether oxygens (including phenoxy) is 1. The molecule has 0 saturated carbocycles. The van der Waals surface area contributed by atoms with Crippen LogP contribution in [0.1, 0.15) is 6.92 Å². The summed E-state index contributed by atoms with van der Waals surface area (Å²) < 4.78 is 5.41. The molecule has 0 aliphatic carbocycles. The van der Waals surface area contributed by atoms with Gasteiger partial charge in [0.2, 0.25) is 11.8 Å². The summed E-state index contributed by atoms with van der Waals surface area (Å²) in [6.45, 7) is 2.32. The molecule has 1 saturated heterocycles. The molecule has 1 fully saturated rings. The second-order valence-electron chi connectivity index (χ2n) is 4.03. The van der Waals surface area contributed by atoms with Crippen molar-refractivity contribution in [3.63, 3.8) is 0 Å². The number of amides is 2. The molecule has 0 aromatic heterocycles. The number of carbonyl (C=O) groups excluding carboxylic acids is 2. The van der Waals surface area contributed by atoms with Crippen molar-refractivity contribution in [3.05, 3.63) is 0 Å². The van der Waals surface area contributed by atoms with Gasteiger partial charge in [-0.2, -0.15) is 0 Å². The van der Waals surface area contributed by atoms with Gasteiger partial charge in [0.05, 0.1) is 31.9 Å². The SMILES string of the molecule is CC1CN(C(=O)CNC(=O)CN)CC(CO)O1. The molecule has 1 heterocycles. The first-order chi connectivity index (χ1) is 8.06. The van der Waals surface area contributed by atoms with E-state index in [1.165, 1.54) is 0 Å². The average molecular weight is 245 g/mol. The molecule has 0 spiro atoms. The fourth-order valence-corrected chi connectivity index (χ4v) is 1.71. The molecule has 2 atom stereocenters. The Morgan fingerprint density at radius 3 is 2.82 bits per heavy atom. The van der Waals surface area contributed by atoms with E-state index >= 15 is 0 Å². The zero-order valence-corrected chi connectivity index (χ0v) is 9.89. The molecule has 7 heteroatoms. The lowest BCUT2D eigenvalue weighted by Gasteiger charge is -2.36. The van der Waals surface area contributed by atoms with Crippen LogP contribution in [0.5, 0.6) is 0 Å². The van der Waals surface area contributed by atoms with Crippen LogP contribution >= 0.6 is 0 Å². The van der Waals surface area contributed by atoms with E-state index in [0.29, 0.717) is 13.1 Å². The third-order valence-electron chi connectivity index (χ3n) is 2.50. The van der Waals surface area contributed by atoms with E-state index in [1.807, 2.05) is 6.92 Å². The van der Waals surface area contributed by atoms with Crippen LogP contribution in [-0.4, -0.2) is 66.8 Å². The highest BCUT2D eigenvalue weighted by Crippen LogP contribution is 2.10. The van der Waals surface area contributed by atoms with E-state index in [9.17, 15) is 9.59 Å². The molecular formula is C10H19N3O4. The monoisotopic (exact) mass is 245 g/mol. The second kappa shape index (κ2) is 6.53. The van der Waals surface area contributed by atoms with Crippen molar-refractivity contribution in [2.75, 3.05) is 32.8 Å². The highest BCUT2D eigenvalue weighted by molar-refractivity contribution is 5.85. The lowest BCUT2D eigenvalue weighted by atomic mass is 10.2. The van der Waals surface area contributed by atoms with Gasteiger partial charge in [-0.25, -0.2) is 0 Å². The Morgan fingerprint density at radius 2 is 2.24 bits per heavy atom. The van der Waals surface area contributed by atoms with Gasteiger partial charge >= 0.3 is 0 Å². The fourth-order valence-electron chi connectivity index (χ4n) is 1.71. The summed E-state index contributed by atoms with van der Waals surface area (Å²) in [5.41, 5.74) is 5.11. The number of rotatable bonds is 4. The zero-order valence-electron chi connectivity index (χ0n) is 9.89. The van der Waals surface area contributed by atoms with Crippen LogP contribution in [0.4, 0.5) is 0 Å². The van der Waals surface area contributed by atoms with Crippen molar-refractivity contribution in [3.8, 4) is 0 Å². The van der Waals surface area contributed by atoms with Crippen LogP contribution in [0.25, 0.3) is 0 Å². The van der Waals surface area contributed by atoms with Crippen LogP contribution < -0.4 is 11.1 Å². The average Bonchev–Trinajstić information content (AvgIpc) is 2.34. The van der Waals surface area contributed by atoms with Gasteiger partial charge in [0.15, 0.2) is 0 Å². The maximum absolute atomic E-state index is 11.8. The smallest absolute Gasteiger partial charge is 0.242 e. The highest BCUT2D eigenvalue weighted by atomic mass is 16.5. The normalized spacial score (nSPS) is 24.5. The van der Waals surface area contributed by atoms with Gasteiger partial charge < -0.3 is 25.8 Å². The summed E-state index contributed by atoms with van der Waals surface area (Å²) in [6, 6.07) is 0. The van der Waals surface area contributed by atoms with E-state index in [4.69, 9.17) is 15.6 Å². The van der Waals surface area contributed by atoms with Crippen molar-refractivity contribution in [2.24, 2.45) is 5.73 Å². The number of nitrogens with two attached hydrogens (primary N) is 1. The molecule has 0 bridgehead atoms. The number of hydrogen-bond acceptors (Lipinski definition) is 5. The van der Waals surface area contributed by atoms with Crippen molar-refractivity contribution in [2.45, 2.75) is 19.1 Å². The zero-order chi connectivity index (χ0) is 12.8. The van der Waals surface area contributed by atoms with E-state index < -0.39 is 0 Å². The molecule has 4 N–H and O–H groups in total. The van der Waals surface area contributed by atoms with E-state index in [1.54, 1.807) is 4.90 Å². The molecule has 1 aliphatic rings. The van der Waals surface area contributed by atoms with Gasteiger partial charge in [0.25, 0.3) is 0 Å². The summed E-state index contributed by atoms with van der Waals surface area (Å²) in [5.74, 6) is -0.557. The summed E-state index contributed by atoms with van der Waals surface area (Å²) in [6.07, 6.45) is -0.469. The minimum absolute atomic E-state index is 0.0685. The van der Waals surface area contributed by atoms with Gasteiger partial charge in [-0.1, -0.05) is 0 Å². The van der Waals surface area contributed by atoms with Gasteiger partial charge in [0.1, 0.15) is 0 Å². The predicted octanol–water partition coefficient (Wildman–Crippen LogP) is -2.33. The van der Waals surface area contributed by atoms with Gasteiger partial charge in [0, 0.05) is 13.1 Å². The Balaban J connectivity index is 2.42. The Morgan fingerprint density at radius 1 is 1.53 bits per heavy atom. The number of aliphatic hydroxyl groups excluding tert-OH is 1. The van der Waals surface area contributed by atoms with Crippen LogP contribution in [-0.2, 0) is 14.3 Å². The minimum atomic E-state index is -0.363. The lowest BCUT2D eigenvalue weighted by Crippen LogP contribution is -2.52. The summed E-state index contributed by atoms with van der Waals surface area (Å²) in [5, 5.41) is 11.4. The molecular weight excluding hydrogens is 226 g/mol. The largest absolute Gasteiger partial charge is 0.394 e. The number of carbonyl (C=O) groups is 2.